The minimum Gasteiger partial charge on any atom is -0.337 e. The first-order valence-electron chi connectivity index (χ1n) is 8.05. The summed E-state index contributed by atoms with van der Waals surface area (Å²) in [7, 11) is -3.30. The van der Waals surface area contributed by atoms with Crippen molar-refractivity contribution in [2.45, 2.75) is 56.4 Å². The predicted octanol–water partition coefficient (Wildman–Crippen LogP) is 1.23. The standard InChI is InChI=1S/C15H23N3O3S/c19-15(12-22(20,21)14-6-1-2-7-14)18-10-3-5-13(18)11-17-9-4-8-16-17/h4,8-9,13-14H,1-3,5-7,10-12H2/t13-/m1/s1. The van der Waals surface area contributed by atoms with Crippen LogP contribution in [0, 0.1) is 0 Å². The number of hydrogen-bond acceptors (Lipinski definition) is 4. The summed E-state index contributed by atoms with van der Waals surface area (Å²) in [6.07, 6.45) is 8.78. The highest BCUT2D eigenvalue weighted by Gasteiger charge is 2.35. The molecule has 0 N–H and O–H groups in total. The van der Waals surface area contributed by atoms with Crippen LogP contribution in [0.15, 0.2) is 18.5 Å². The molecule has 2 fully saturated rings. The summed E-state index contributed by atoms with van der Waals surface area (Å²) in [4.78, 5) is 14.2. The van der Waals surface area contributed by atoms with Crippen molar-refractivity contribution in [3.63, 3.8) is 0 Å². The summed E-state index contributed by atoms with van der Waals surface area (Å²) in [5.41, 5.74) is 0. The van der Waals surface area contributed by atoms with Crippen LogP contribution in [0.3, 0.4) is 0 Å². The fourth-order valence-electron chi connectivity index (χ4n) is 3.60. The second kappa shape index (κ2) is 6.40. The molecule has 1 atom stereocenters. The molecule has 2 heterocycles. The molecule has 0 aromatic carbocycles. The third-order valence-corrected chi connectivity index (χ3v) is 6.93. The van der Waals surface area contributed by atoms with Crippen LogP contribution in [0.1, 0.15) is 38.5 Å². The fraction of sp³-hybridized carbons (Fsp3) is 0.733. The molecule has 0 unspecified atom stereocenters. The maximum absolute atomic E-state index is 12.5. The number of carbonyl (C=O) groups excluding carboxylic acids is 1. The maximum Gasteiger partial charge on any atom is 0.238 e. The maximum atomic E-state index is 12.5. The van der Waals surface area contributed by atoms with Crippen LogP contribution in [0.25, 0.3) is 0 Å². The lowest BCUT2D eigenvalue weighted by atomic mass is 10.2. The van der Waals surface area contributed by atoms with E-state index < -0.39 is 9.84 Å². The largest absolute Gasteiger partial charge is 0.337 e. The van der Waals surface area contributed by atoms with E-state index in [4.69, 9.17) is 0 Å². The summed E-state index contributed by atoms with van der Waals surface area (Å²) in [6, 6.07) is 1.91. The number of rotatable bonds is 5. The van der Waals surface area contributed by atoms with Crippen molar-refractivity contribution in [3.05, 3.63) is 18.5 Å². The minimum absolute atomic E-state index is 0.0613. The quantitative estimate of drug-likeness (QED) is 0.816. The van der Waals surface area contributed by atoms with E-state index in [1.54, 1.807) is 11.1 Å². The monoisotopic (exact) mass is 325 g/mol. The highest BCUT2D eigenvalue weighted by atomic mass is 32.2. The Balaban J connectivity index is 1.63. The number of sulfone groups is 1. The molecule has 1 amide bonds. The van der Waals surface area contributed by atoms with E-state index in [0.717, 1.165) is 25.7 Å². The Hall–Kier alpha value is -1.37. The zero-order chi connectivity index (χ0) is 15.6. The summed E-state index contributed by atoms with van der Waals surface area (Å²) in [5, 5.41) is 3.87. The van der Waals surface area contributed by atoms with Gasteiger partial charge in [-0.25, -0.2) is 8.42 Å². The highest BCUT2D eigenvalue weighted by Crippen LogP contribution is 2.26. The number of carbonyl (C=O) groups is 1. The summed E-state index contributed by atoms with van der Waals surface area (Å²) in [5.74, 6) is -0.561. The van der Waals surface area contributed by atoms with Gasteiger partial charge in [0.15, 0.2) is 9.84 Å². The van der Waals surface area contributed by atoms with Gasteiger partial charge in [-0.05, 0) is 31.7 Å². The van der Waals surface area contributed by atoms with E-state index in [1.807, 2.05) is 16.9 Å². The third kappa shape index (κ3) is 3.34. The number of hydrogen-bond donors (Lipinski definition) is 0. The van der Waals surface area contributed by atoms with E-state index in [2.05, 4.69) is 5.10 Å². The molecule has 122 valence electrons. The van der Waals surface area contributed by atoms with Crippen LogP contribution in [0.4, 0.5) is 0 Å². The van der Waals surface area contributed by atoms with Crippen LogP contribution < -0.4 is 0 Å². The van der Waals surface area contributed by atoms with E-state index in [0.29, 0.717) is 25.9 Å². The van der Waals surface area contributed by atoms with Gasteiger partial charge in [-0.2, -0.15) is 5.10 Å². The molecule has 3 rings (SSSR count). The van der Waals surface area contributed by atoms with E-state index in [-0.39, 0.29) is 23.0 Å². The molecule has 7 heteroatoms. The van der Waals surface area contributed by atoms with Gasteiger partial charge in [0.1, 0.15) is 5.75 Å². The lowest BCUT2D eigenvalue weighted by molar-refractivity contribution is -0.129. The molecule has 1 saturated carbocycles. The summed E-state index contributed by atoms with van der Waals surface area (Å²) >= 11 is 0. The van der Waals surface area contributed by atoms with Gasteiger partial charge in [-0.15, -0.1) is 0 Å². The Labute approximate surface area is 131 Å². The second-order valence-corrected chi connectivity index (χ2v) is 8.61. The molecule has 2 aliphatic rings. The van der Waals surface area contributed by atoms with Gasteiger partial charge in [-0.3, -0.25) is 9.48 Å². The molecule has 0 spiro atoms. The highest BCUT2D eigenvalue weighted by molar-refractivity contribution is 7.92. The fourth-order valence-corrected chi connectivity index (χ4v) is 5.40. The first kappa shape index (κ1) is 15.5. The summed E-state index contributed by atoms with van der Waals surface area (Å²) < 4.78 is 26.5. The number of aromatic nitrogens is 2. The first-order valence-corrected chi connectivity index (χ1v) is 9.76. The molecular weight excluding hydrogens is 302 g/mol. The van der Waals surface area contributed by atoms with Crippen molar-refractivity contribution < 1.29 is 13.2 Å². The average Bonchev–Trinajstić information content (AvgIpc) is 3.21. The number of likely N-dealkylation sites (tertiary alicyclic amines) is 1. The number of nitrogens with zero attached hydrogens (tertiary/aromatic N) is 3. The van der Waals surface area contributed by atoms with E-state index in [9.17, 15) is 13.2 Å². The van der Waals surface area contributed by atoms with E-state index >= 15 is 0 Å². The Morgan fingerprint density at radius 1 is 1.18 bits per heavy atom. The van der Waals surface area contributed by atoms with Crippen molar-refractivity contribution in [1.82, 2.24) is 14.7 Å². The SMILES string of the molecule is O=C(CS(=O)(=O)C1CCCC1)N1CCC[C@@H]1Cn1cccn1. The molecule has 6 nitrogen and oxygen atoms in total. The lowest BCUT2D eigenvalue weighted by Crippen LogP contribution is -2.42. The Bertz CT molecular complexity index is 606. The zero-order valence-corrected chi connectivity index (χ0v) is 13.5. The Kier molecular flexibility index (Phi) is 4.52. The normalized spacial score (nSPS) is 23.3. The van der Waals surface area contributed by atoms with Gasteiger partial charge in [0, 0.05) is 18.9 Å². The van der Waals surface area contributed by atoms with Gasteiger partial charge in [0.25, 0.3) is 0 Å². The predicted molar refractivity (Wildman–Crippen MR) is 83.0 cm³/mol. The molecule has 1 aromatic heterocycles. The summed E-state index contributed by atoms with van der Waals surface area (Å²) in [6.45, 7) is 1.30. The number of amides is 1. The molecule has 0 bridgehead atoms. The van der Waals surface area contributed by atoms with Crippen LogP contribution in [-0.2, 0) is 21.2 Å². The molecular formula is C15H23N3O3S. The molecule has 1 aliphatic carbocycles. The Morgan fingerprint density at radius 3 is 2.64 bits per heavy atom. The van der Waals surface area contributed by atoms with Crippen molar-refractivity contribution in [2.24, 2.45) is 0 Å². The molecule has 1 aliphatic heterocycles. The van der Waals surface area contributed by atoms with Crippen molar-refractivity contribution in [2.75, 3.05) is 12.3 Å². The third-order valence-electron chi connectivity index (χ3n) is 4.79. The van der Waals surface area contributed by atoms with Crippen LogP contribution >= 0.6 is 0 Å². The van der Waals surface area contributed by atoms with Crippen LogP contribution in [-0.4, -0.2) is 52.6 Å². The van der Waals surface area contributed by atoms with Gasteiger partial charge >= 0.3 is 0 Å². The molecule has 0 radical (unpaired) electrons. The lowest BCUT2D eigenvalue weighted by Gasteiger charge is -2.25. The van der Waals surface area contributed by atoms with Gasteiger partial charge in [-0.1, -0.05) is 12.8 Å². The average molecular weight is 325 g/mol. The smallest absolute Gasteiger partial charge is 0.238 e. The topological polar surface area (TPSA) is 72.3 Å². The van der Waals surface area contributed by atoms with Gasteiger partial charge in [0.05, 0.1) is 17.8 Å². The minimum atomic E-state index is -3.30. The Morgan fingerprint density at radius 2 is 1.95 bits per heavy atom. The zero-order valence-electron chi connectivity index (χ0n) is 12.7. The molecule has 1 aromatic rings. The molecule has 1 saturated heterocycles. The van der Waals surface area contributed by atoms with Crippen molar-refractivity contribution >= 4 is 15.7 Å². The van der Waals surface area contributed by atoms with Gasteiger partial charge < -0.3 is 4.90 Å². The van der Waals surface area contributed by atoms with E-state index in [1.165, 1.54) is 0 Å². The first-order chi connectivity index (χ1) is 10.6. The van der Waals surface area contributed by atoms with Crippen molar-refractivity contribution in [1.29, 1.82) is 0 Å². The van der Waals surface area contributed by atoms with Crippen LogP contribution in [0.5, 0.6) is 0 Å². The van der Waals surface area contributed by atoms with Crippen molar-refractivity contribution in [3.8, 4) is 0 Å². The van der Waals surface area contributed by atoms with Gasteiger partial charge in [0.2, 0.25) is 5.91 Å². The second-order valence-electron chi connectivity index (χ2n) is 6.32. The van der Waals surface area contributed by atoms with Crippen LogP contribution in [0.2, 0.25) is 0 Å². The molecule has 22 heavy (non-hydrogen) atoms.